The Morgan fingerprint density at radius 2 is 1.14 bits per heavy atom. The number of esters is 1. The molecule has 3 amide bonds. The van der Waals surface area contributed by atoms with E-state index in [4.69, 9.17) is 34.0 Å². The largest absolute Gasteiger partial charge is 0.465 e. The van der Waals surface area contributed by atoms with Gasteiger partial charge in [-0.05, 0) is 196 Å². The van der Waals surface area contributed by atoms with Gasteiger partial charge in [0, 0.05) is 84.9 Å². The Bertz CT molecular complexity index is 5840. The molecule has 17 rings (SSSR count). The molecule has 5 atom stereocenters. The van der Waals surface area contributed by atoms with Gasteiger partial charge in [-0.15, -0.1) is 11.3 Å². The number of carbonyl (C=O) groups excluding carboxylic acids is 4. The van der Waals surface area contributed by atoms with Crippen LogP contribution in [0.4, 0.5) is 28.4 Å². The van der Waals surface area contributed by atoms with Gasteiger partial charge in [-0.1, -0.05) is 176 Å². The van der Waals surface area contributed by atoms with E-state index in [1.807, 2.05) is 126 Å². The maximum Gasteiger partial charge on any atom is 0.337 e. The van der Waals surface area contributed by atoms with Crippen molar-refractivity contribution >= 4 is 150 Å². The first kappa shape index (κ1) is 75.8. The Morgan fingerprint density at radius 3 is 1.70 bits per heavy atom. The lowest BCUT2D eigenvalue weighted by Crippen LogP contribution is -2.49. The summed E-state index contributed by atoms with van der Waals surface area (Å²) in [6, 6.07) is 77.2. The highest BCUT2D eigenvalue weighted by molar-refractivity contribution is 8.30. The number of benzene rings is 8. The fourth-order valence-electron chi connectivity index (χ4n) is 16.9. The van der Waals surface area contributed by atoms with Crippen LogP contribution in [0, 0.1) is 0 Å². The molecule has 7 heterocycles. The fourth-order valence-corrected chi connectivity index (χ4v) is 19.7. The van der Waals surface area contributed by atoms with Crippen LogP contribution in [0.15, 0.2) is 260 Å². The highest BCUT2D eigenvalue weighted by Gasteiger charge is 2.45. The second kappa shape index (κ2) is 33.3. The lowest BCUT2D eigenvalue weighted by molar-refractivity contribution is -0.723. The van der Waals surface area contributed by atoms with Crippen LogP contribution in [0.1, 0.15) is 124 Å². The van der Waals surface area contributed by atoms with Crippen LogP contribution < -0.4 is 49.4 Å². The molecule has 2 saturated heterocycles. The Hall–Kier alpha value is -11.8. The molecule has 6 aliphatic rings. The predicted octanol–water partition coefficient (Wildman–Crippen LogP) is 15.2. The molecule has 4 aliphatic heterocycles. The summed E-state index contributed by atoms with van der Waals surface area (Å²) >= 11 is 14.0. The van der Waals surface area contributed by atoms with Crippen molar-refractivity contribution in [3.63, 3.8) is 0 Å². The Labute approximate surface area is 686 Å². The molecule has 3 aromatic heterocycles. The van der Waals surface area contributed by atoms with Gasteiger partial charge >= 0.3 is 5.97 Å². The van der Waals surface area contributed by atoms with Gasteiger partial charge in [0.1, 0.15) is 26.1 Å². The number of pyridine rings is 2. The standard InChI is InChI=1S/C94H83N10O7S4/c1-61(96-86(105)60-101-89(107)85(114-91(101)87-90(108)97(2)94(113)115-87)59-66-34-42-83-79(57-66)76-22-14-24-81(76)103(83)74-39-31-64(32-40-74)55-77(69-15-7-4-8-16-69)70-17-9-5-10-18-70)99-50-45-68(46-51-99)67-43-48-98(49-44-67)52-47-95-111-54-53-100-84(88(106)104(93(100)112)72-19-11-6-12-20-72)58-65-33-41-82-78(56-65)75-21-13-23-80(75)102(82)73-37-29-63(30-38-73)26-25-62-27-35-71(36-28-62)92(109)110-3/h4-12,15-20,25-46,48-51,55-59,61,75-76,80-81,95H,13-14,21-24,47,52-54,60H2,1-3H3/q+1/p+1/b26-25+,84-58+,85-59+,91-87+. The summed E-state index contributed by atoms with van der Waals surface area (Å²) in [6.07, 6.45) is 24.2. The number of fused-ring (bicyclic) bond motifs is 6. The maximum absolute atomic E-state index is 14.7. The number of rotatable bonds is 23. The van der Waals surface area contributed by atoms with Crippen molar-refractivity contribution in [2.24, 2.45) is 0 Å². The Balaban J connectivity index is 0.518. The highest BCUT2D eigenvalue weighted by Crippen LogP contribution is 2.54. The molecule has 0 bridgehead atoms. The number of thiocarbonyl (C=S) groups is 2. The van der Waals surface area contributed by atoms with E-state index in [0.29, 0.717) is 84.0 Å². The number of anilines is 5. The summed E-state index contributed by atoms with van der Waals surface area (Å²) in [5.74, 6) is -0.561. The van der Waals surface area contributed by atoms with Gasteiger partial charge in [0.15, 0.2) is 36.4 Å². The van der Waals surface area contributed by atoms with E-state index < -0.39 is 12.1 Å². The first-order chi connectivity index (χ1) is 56.2. The average Bonchev–Trinajstić information content (AvgIpc) is 1.59. The molecule has 0 radical (unpaired) electrons. The Morgan fingerprint density at radius 1 is 0.600 bits per heavy atom. The minimum absolute atomic E-state index is 0.196. The second-order valence-electron chi connectivity index (χ2n) is 29.7. The van der Waals surface area contributed by atoms with Crippen LogP contribution in [0.25, 0.3) is 52.0 Å². The van der Waals surface area contributed by atoms with Crippen molar-refractivity contribution in [3.05, 3.63) is 330 Å². The van der Waals surface area contributed by atoms with Gasteiger partial charge in [0.2, 0.25) is 12.1 Å². The fraction of sp³-hybridized carbons (Fsp3) is 0.202. The van der Waals surface area contributed by atoms with Crippen molar-refractivity contribution in [3.8, 4) is 11.1 Å². The van der Waals surface area contributed by atoms with E-state index in [9.17, 15) is 24.0 Å². The number of aromatic nitrogens is 3. The van der Waals surface area contributed by atoms with Crippen molar-refractivity contribution < 1.29 is 37.9 Å². The van der Waals surface area contributed by atoms with Crippen LogP contribution in [0.3, 0.4) is 0 Å². The summed E-state index contributed by atoms with van der Waals surface area (Å²) in [5.41, 5.74) is 22.1. The topological polar surface area (TPSA) is 157 Å². The van der Waals surface area contributed by atoms with Crippen LogP contribution >= 0.6 is 47.5 Å². The van der Waals surface area contributed by atoms with Crippen LogP contribution in [-0.4, -0.2) is 93.4 Å². The van der Waals surface area contributed by atoms with Gasteiger partial charge in [-0.2, -0.15) is 10.0 Å². The lowest BCUT2D eigenvalue weighted by Gasteiger charge is -2.27. The van der Waals surface area contributed by atoms with Crippen molar-refractivity contribution in [1.29, 1.82) is 0 Å². The molecule has 574 valence electrons. The van der Waals surface area contributed by atoms with Crippen LogP contribution in [0.5, 0.6) is 0 Å². The van der Waals surface area contributed by atoms with Gasteiger partial charge in [-0.3, -0.25) is 43.7 Å². The number of amides is 3. The van der Waals surface area contributed by atoms with Gasteiger partial charge in [0.25, 0.3) is 17.4 Å². The summed E-state index contributed by atoms with van der Waals surface area (Å²) in [5, 5.41) is 3.48. The third-order valence-electron chi connectivity index (χ3n) is 22.7. The minimum atomic E-state index is -0.485. The molecule has 21 heteroatoms. The number of thiazole rings is 1. The van der Waals surface area contributed by atoms with E-state index >= 15 is 0 Å². The molecule has 17 nitrogen and oxygen atoms in total. The lowest BCUT2D eigenvalue weighted by atomic mass is 9.95. The summed E-state index contributed by atoms with van der Waals surface area (Å²) < 4.78 is 11.4. The Kier molecular flexibility index (Phi) is 22.0. The third-order valence-corrected chi connectivity index (χ3v) is 25.9. The number of para-hydroxylation sites is 1. The molecule has 2 N–H and O–H groups in total. The van der Waals surface area contributed by atoms with Crippen LogP contribution in [-0.2, 0) is 37.0 Å². The number of hydroxylamine groups is 1. The molecule has 2 saturated carbocycles. The second-order valence-corrected chi connectivity index (χ2v) is 32.7. The van der Waals surface area contributed by atoms with E-state index in [2.05, 4.69) is 183 Å². The summed E-state index contributed by atoms with van der Waals surface area (Å²) in [6.45, 7) is 3.29. The molecule has 2 aliphatic carbocycles. The SMILES string of the molecule is COC(=O)c1ccc(/C=C/c2ccc(N3c4ccc(/C=C5\C(=O)N(c6ccccc6)C(=S)N5CCONCC[n+]5ccc(-c6cc[n+](C(C)NC(=O)Cn7c(=O)/c(=C\c8ccc9c(c8)C8CCCC8N9c8ccc(C=C(c9ccccc9)c9ccccc9)cc8)s/c7=C7/SC(=S)N(C)C7=O)cc6)cc5)cc4C4CCCC43)cc2)cc1. The maximum atomic E-state index is 14.7. The molecule has 4 fully saturated rings. The normalized spacial score (nSPS) is 18.8. The minimum Gasteiger partial charge on any atom is -0.465 e. The quantitative estimate of drug-likeness (QED) is 0.0119. The third kappa shape index (κ3) is 15.6. The molecule has 11 aromatic rings. The summed E-state index contributed by atoms with van der Waals surface area (Å²) in [7, 11) is 3.01. The van der Waals surface area contributed by atoms with E-state index in [-0.39, 0.29) is 36.5 Å². The zero-order chi connectivity index (χ0) is 78.8. The zero-order valence-corrected chi connectivity index (χ0v) is 67.1. The van der Waals surface area contributed by atoms with Crippen molar-refractivity contribution in [2.75, 3.05) is 48.6 Å². The molecule has 0 spiro atoms. The monoisotopic (exact) mass is 1590 g/mol. The number of methoxy groups -OCH3 is 1. The first-order valence-corrected chi connectivity index (χ1v) is 41.4. The van der Waals surface area contributed by atoms with Crippen molar-refractivity contribution in [2.45, 2.75) is 88.6 Å². The van der Waals surface area contributed by atoms with E-state index in [0.717, 1.165) is 117 Å². The van der Waals surface area contributed by atoms with Gasteiger partial charge in [0.05, 0.1) is 42.6 Å². The number of ether oxygens (including phenoxy) is 1. The smallest absolute Gasteiger partial charge is 0.337 e. The number of nitrogens with zero attached hydrogens (tertiary/aromatic N) is 8. The number of hydrogen-bond donors (Lipinski definition) is 2. The van der Waals surface area contributed by atoms with Crippen LogP contribution in [0.2, 0.25) is 0 Å². The molecule has 5 unspecified atom stereocenters. The number of hydrogen-bond acceptors (Lipinski definition) is 14. The van der Waals surface area contributed by atoms with E-state index in [1.54, 1.807) is 24.1 Å². The molecular weight excluding hydrogens is 1510 g/mol. The van der Waals surface area contributed by atoms with Gasteiger partial charge < -0.3 is 19.4 Å². The number of carbonyl (C=O) groups is 4. The first-order valence-electron chi connectivity index (χ1n) is 39.0. The number of thioether (sulfide) groups is 1. The molecule has 115 heavy (non-hydrogen) atoms. The van der Waals surface area contributed by atoms with Gasteiger partial charge in [-0.25, -0.2) is 9.36 Å². The number of nitrogens with one attached hydrogen (secondary N) is 2. The van der Waals surface area contributed by atoms with E-state index in [1.165, 1.54) is 50.4 Å². The average molecular weight is 1590 g/mol. The predicted molar refractivity (Wildman–Crippen MR) is 465 cm³/mol. The van der Waals surface area contributed by atoms with Crippen molar-refractivity contribution in [1.82, 2.24) is 25.2 Å². The molecular formula is C94H84N10O7S4+2. The summed E-state index contributed by atoms with van der Waals surface area (Å²) in [4.78, 5) is 85.3. The highest BCUT2D eigenvalue weighted by atomic mass is 32.2. The zero-order valence-electron chi connectivity index (χ0n) is 63.8. The molecule has 8 aromatic carbocycles.